The normalized spacial score (nSPS) is 12.1. The van der Waals surface area contributed by atoms with E-state index < -0.39 is 79.4 Å². The number of benzene rings is 6. The Kier molecular flexibility index (Phi) is 38.3. The molecule has 582 valence electrons. The fourth-order valence-corrected chi connectivity index (χ4v) is 10.6. The molecule has 8 aromatic rings. The number of nitrogens with zero attached hydrogens (tertiary/aromatic N) is 14. The van der Waals surface area contributed by atoms with Gasteiger partial charge in [-0.25, -0.2) is 48.0 Å². The van der Waals surface area contributed by atoms with Gasteiger partial charge < -0.3 is 54.0 Å². The van der Waals surface area contributed by atoms with Crippen LogP contribution in [-0.4, -0.2) is 220 Å². The summed E-state index contributed by atoms with van der Waals surface area (Å²) < 4.78 is 72.9. The Morgan fingerprint density at radius 3 is 1.21 bits per heavy atom. The first-order chi connectivity index (χ1) is 52.4. The number of hydrogen-bond acceptors (Lipinski definition) is 30. The first kappa shape index (κ1) is 91.0. The monoisotopic (exact) mass is 1590 g/mol. The standard InChI is InChI=1S/C26H27ClFN5O7.C24H24ClFN4O7.C22H20ClFN5O3.Li.H2O/c1-3-11-33-24(29-30-31-33)22(34)14-32(15-23(35)25(36)39-16-40-26(37)38-4-2)13-17-5-7-18(8-6-17)20-12-19(27)9-10-21(20)28;1-2-35-24(34)37-14-36-23(33)22(32)13-30(12-21(31)20-10-27-29-28-20)11-15-3-5-16(6-4-15)18-9-17(25)7-8-19(18)26;1-2-9-29-22(25-26-27-29)21(32)13-28(12-18(31)14-30)11-15-3-5-16(6-4-15)19-10-17(23)7-8-20(19)24;;/h3,5-10,12,23,35H,1,4,11,13-16H2,2H3;3-9,22,32H,2,10-14H2,1H3;2-8,10,18,31H,1,9,11-13H2;;1H2/q;;-1;+1;/p-1/t23-;22-;18-;;/m111../s1. The van der Waals surface area contributed by atoms with Crippen molar-refractivity contribution in [1.29, 1.82) is 0 Å². The van der Waals surface area contributed by atoms with E-state index in [1.165, 1.54) is 80.1 Å². The minimum absolute atomic E-state index is 0. The van der Waals surface area contributed by atoms with Gasteiger partial charge in [0.1, 0.15) is 29.7 Å². The molecule has 0 radical (unpaired) electrons. The Bertz CT molecular complexity index is 4530. The minimum atomic E-state index is -1.69. The molecular weight excluding hydrogens is 1520 g/mol. The van der Waals surface area contributed by atoms with Crippen LogP contribution in [0.4, 0.5) is 22.8 Å². The Morgan fingerprint density at radius 1 is 0.532 bits per heavy atom. The van der Waals surface area contributed by atoms with E-state index in [0.717, 1.165) is 5.56 Å². The molecule has 0 spiro atoms. The number of carbonyl (C=O) groups excluding carboxylic acids is 8. The predicted octanol–water partition coefficient (Wildman–Crippen LogP) is 5.71. The molecule has 0 saturated carbocycles. The third-order valence-electron chi connectivity index (χ3n) is 15.1. The van der Waals surface area contributed by atoms with E-state index >= 15 is 0 Å². The van der Waals surface area contributed by atoms with Gasteiger partial charge >= 0.3 is 43.1 Å². The molecule has 0 aliphatic carbocycles. The predicted molar refractivity (Wildman–Crippen MR) is 387 cm³/mol. The van der Waals surface area contributed by atoms with Crippen LogP contribution < -0.4 is 18.9 Å². The van der Waals surface area contributed by atoms with E-state index in [2.05, 4.69) is 78.6 Å². The van der Waals surface area contributed by atoms with Crippen molar-refractivity contribution in [3.05, 3.63) is 214 Å². The first-order valence-corrected chi connectivity index (χ1v) is 33.9. The average molecular weight is 1590 g/mol. The molecule has 6 aromatic carbocycles. The maximum absolute atomic E-state index is 14.3. The number of esters is 2. The third-order valence-corrected chi connectivity index (χ3v) is 15.8. The molecular formula is C72H72Cl3F3LiN14O18-. The maximum Gasteiger partial charge on any atom is 1.00 e. The molecule has 39 heteroatoms. The number of aliphatic hydroxyl groups excluding tert-OH is 3. The molecule has 0 amide bonds. The van der Waals surface area contributed by atoms with Crippen LogP contribution in [0.2, 0.25) is 15.1 Å². The van der Waals surface area contributed by atoms with Crippen molar-refractivity contribution in [2.24, 2.45) is 15.4 Å². The SMILES string of the molecule is C=CCn1nnnc1C(=O)CN(Cc1ccc(-c2cc(Cl)ccc2F)cc1)C[C@@H](O)C(=O)OCOC(=O)OCC.C=CCn1nnnc1C(=O)CN(Cc1ccc(-c2cc(Cl)ccc2F)cc1)C[C@@H](O)[C-]=O.CCOC(=O)OCOC(=O)[C@H](O)CN(CC(=O)C1=NN=NC1)Cc1ccc(-c2cc(Cl)ccc2F)cc1.[Li+].[OH-]. The van der Waals surface area contributed by atoms with Gasteiger partial charge in [0.15, 0.2) is 18.0 Å². The molecule has 3 atom stereocenters. The van der Waals surface area contributed by atoms with Crippen LogP contribution in [0.15, 0.2) is 168 Å². The van der Waals surface area contributed by atoms with E-state index in [-0.39, 0.29) is 145 Å². The Balaban J connectivity index is 0.000000297. The number of Topliss-reactive ketones (excluding diaryl/α,β-unsaturated/α-hetero) is 3. The molecule has 3 heterocycles. The van der Waals surface area contributed by atoms with Gasteiger partial charge in [-0.2, -0.15) is 5.11 Å². The zero-order valence-corrected chi connectivity index (χ0v) is 62.0. The van der Waals surface area contributed by atoms with Crippen LogP contribution in [0.1, 0.15) is 51.8 Å². The molecule has 2 aromatic heterocycles. The van der Waals surface area contributed by atoms with E-state index in [1.807, 2.05) is 0 Å². The van der Waals surface area contributed by atoms with E-state index in [4.69, 9.17) is 44.3 Å². The molecule has 1 aliphatic rings. The fourth-order valence-electron chi connectivity index (χ4n) is 10.1. The van der Waals surface area contributed by atoms with Gasteiger partial charge in [-0.1, -0.05) is 120 Å². The van der Waals surface area contributed by atoms with Crippen molar-refractivity contribution in [2.75, 3.05) is 72.6 Å². The maximum atomic E-state index is 14.3. The van der Waals surface area contributed by atoms with Crippen LogP contribution >= 0.6 is 34.8 Å². The van der Waals surface area contributed by atoms with Crippen molar-refractivity contribution in [3.63, 3.8) is 0 Å². The van der Waals surface area contributed by atoms with Gasteiger partial charge in [-0.15, -0.1) is 28.5 Å². The zero-order valence-electron chi connectivity index (χ0n) is 59.8. The van der Waals surface area contributed by atoms with E-state index in [0.29, 0.717) is 59.6 Å². The van der Waals surface area contributed by atoms with Gasteiger partial charge in [0, 0.05) is 71.0 Å². The van der Waals surface area contributed by atoms with Gasteiger partial charge in [0.05, 0.1) is 45.9 Å². The summed E-state index contributed by atoms with van der Waals surface area (Å²) in [7, 11) is 0. The molecule has 32 nitrogen and oxygen atoms in total. The smallest absolute Gasteiger partial charge is 0.870 e. The second kappa shape index (κ2) is 46.8. The Hall–Kier alpha value is -10.7. The van der Waals surface area contributed by atoms with Crippen LogP contribution in [0.3, 0.4) is 0 Å². The van der Waals surface area contributed by atoms with Gasteiger partial charge in [-0.05, 0) is 134 Å². The van der Waals surface area contributed by atoms with Crippen LogP contribution in [0.25, 0.3) is 33.4 Å². The summed E-state index contributed by atoms with van der Waals surface area (Å²) >= 11 is 18.0. The van der Waals surface area contributed by atoms with Crippen LogP contribution in [0, 0.1) is 17.5 Å². The van der Waals surface area contributed by atoms with Gasteiger partial charge in [0.25, 0.3) is 0 Å². The molecule has 0 fully saturated rings. The quantitative estimate of drug-likeness (QED) is 0.00797. The molecule has 0 saturated heterocycles. The van der Waals surface area contributed by atoms with Crippen molar-refractivity contribution >= 4 is 88.4 Å². The number of allylic oxidation sites excluding steroid dienone is 2. The van der Waals surface area contributed by atoms with Crippen molar-refractivity contribution in [3.8, 4) is 33.4 Å². The second-order valence-corrected chi connectivity index (χ2v) is 24.4. The number of tetrazole rings is 2. The summed E-state index contributed by atoms with van der Waals surface area (Å²) in [5.41, 5.74) is 5.19. The molecule has 111 heavy (non-hydrogen) atoms. The van der Waals surface area contributed by atoms with Crippen molar-refractivity contribution < 1.29 is 120 Å². The Labute approximate surface area is 659 Å². The van der Waals surface area contributed by atoms with Gasteiger partial charge in [0.2, 0.25) is 36.8 Å². The van der Waals surface area contributed by atoms with E-state index in [1.54, 1.807) is 104 Å². The number of ketones is 3. The van der Waals surface area contributed by atoms with E-state index in [9.17, 15) is 66.8 Å². The topological polar surface area (TPSA) is 417 Å². The summed E-state index contributed by atoms with van der Waals surface area (Å²) in [5.74, 6) is -4.61. The number of hydrogen-bond donors (Lipinski definition) is 3. The molecule has 0 bridgehead atoms. The Morgan fingerprint density at radius 2 is 0.883 bits per heavy atom. The van der Waals surface area contributed by atoms with Crippen LogP contribution in [0.5, 0.6) is 0 Å². The second-order valence-electron chi connectivity index (χ2n) is 23.1. The first-order valence-electron chi connectivity index (χ1n) is 32.8. The number of halogens is 6. The number of carbonyl (C=O) groups is 7. The van der Waals surface area contributed by atoms with Crippen molar-refractivity contribution in [1.82, 2.24) is 55.1 Å². The number of ether oxygens (including phenoxy) is 6. The molecule has 4 N–H and O–H groups in total. The summed E-state index contributed by atoms with van der Waals surface area (Å²) in [6.07, 6.45) is -2.20. The molecule has 9 rings (SSSR count). The number of rotatable bonds is 37. The summed E-state index contributed by atoms with van der Waals surface area (Å²) in [5, 5.41) is 64.5. The van der Waals surface area contributed by atoms with Crippen LogP contribution in [-0.2, 0) is 80.3 Å². The summed E-state index contributed by atoms with van der Waals surface area (Å²) in [6, 6.07) is 33.5. The zero-order chi connectivity index (χ0) is 78.9. The summed E-state index contributed by atoms with van der Waals surface area (Å²) in [6.45, 7) is 8.70. The minimum Gasteiger partial charge on any atom is -0.870 e. The fraction of sp³-hybridized carbons (Fsp3) is 0.292. The van der Waals surface area contributed by atoms with Crippen molar-refractivity contribution in [2.45, 2.75) is 64.9 Å². The number of aromatic nitrogens is 8. The summed E-state index contributed by atoms with van der Waals surface area (Å²) in [4.78, 5) is 101. The molecule has 0 unspecified atom stereocenters. The number of aliphatic hydroxyl groups is 3. The third kappa shape index (κ3) is 29.3. The molecule has 1 aliphatic heterocycles. The largest absolute Gasteiger partial charge is 1.00 e. The average Bonchev–Trinajstić information content (AvgIpc) is 1.49. The van der Waals surface area contributed by atoms with Gasteiger partial charge in [-0.3, -0.25) is 29.1 Å².